The molecule has 1 aliphatic rings. The normalized spacial score (nSPS) is 20.1. The minimum atomic E-state index is -0.238. The smallest absolute Gasteiger partial charge is 0.308 e. The average Bonchev–Trinajstić information content (AvgIpc) is 2.40. The third-order valence-electron chi connectivity index (χ3n) is 2.73. The molecular formula is C12H16N2O3. The second-order valence-electron chi connectivity index (χ2n) is 3.91. The van der Waals surface area contributed by atoms with E-state index < -0.39 is 0 Å². The van der Waals surface area contributed by atoms with Gasteiger partial charge in [0.1, 0.15) is 5.82 Å². The van der Waals surface area contributed by atoms with Crippen molar-refractivity contribution in [2.75, 3.05) is 31.7 Å². The molecular weight excluding hydrogens is 220 g/mol. The standard InChI is InChI=1S/C12H16N2O3/c1-16-12(15)8-10-9-14(6-7-17-10)11-4-2-3-5-13-11/h2-5,10H,6-9H2,1H3. The number of carbonyl (C=O) groups excluding carboxylic acids is 1. The topological polar surface area (TPSA) is 51.7 Å². The van der Waals surface area contributed by atoms with E-state index in [1.807, 2.05) is 18.2 Å². The fourth-order valence-corrected chi connectivity index (χ4v) is 1.86. The van der Waals surface area contributed by atoms with Gasteiger partial charge >= 0.3 is 5.97 Å². The van der Waals surface area contributed by atoms with E-state index in [1.165, 1.54) is 7.11 Å². The number of pyridine rings is 1. The van der Waals surface area contributed by atoms with E-state index in [9.17, 15) is 4.79 Å². The fraction of sp³-hybridized carbons (Fsp3) is 0.500. The van der Waals surface area contributed by atoms with Gasteiger partial charge in [-0.2, -0.15) is 0 Å². The monoisotopic (exact) mass is 236 g/mol. The second-order valence-corrected chi connectivity index (χ2v) is 3.91. The predicted molar refractivity (Wildman–Crippen MR) is 62.8 cm³/mol. The summed E-state index contributed by atoms with van der Waals surface area (Å²) in [6, 6.07) is 5.80. The highest BCUT2D eigenvalue weighted by Crippen LogP contribution is 2.16. The molecule has 1 atom stereocenters. The number of methoxy groups -OCH3 is 1. The molecule has 1 aliphatic heterocycles. The summed E-state index contributed by atoms with van der Waals surface area (Å²) in [5.74, 6) is 0.684. The van der Waals surface area contributed by atoms with E-state index in [4.69, 9.17) is 4.74 Å². The van der Waals surface area contributed by atoms with Crippen LogP contribution >= 0.6 is 0 Å². The van der Waals surface area contributed by atoms with Gasteiger partial charge in [-0.05, 0) is 12.1 Å². The third kappa shape index (κ3) is 3.17. The van der Waals surface area contributed by atoms with Crippen LogP contribution in [0.4, 0.5) is 5.82 Å². The molecule has 2 rings (SSSR count). The first-order valence-electron chi connectivity index (χ1n) is 5.64. The number of morpholine rings is 1. The lowest BCUT2D eigenvalue weighted by molar-refractivity contribution is -0.144. The van der Waals surface area contributed by atoms with Gasteiger partial charge in [-0.1, -0.05) is 6.07 Å². The van der Waals surface area contributed by atoms with E-state index in [0.717, 1.165) is 12.4 Å². The number of hydrogen-bond acceptors (Lipinski definition) is 5. The van der Waals surface area contributed by atoms with Crippen LogP contribution in [0, 0.1) is 0 Å². The highest BCUT2D eigenvalue weighted by atomic mass is 16.5. The molecule has 1 unspecified atom stereocenters. The first-order valence-corrected chi connectivity index (χ1v) is 5.64. The lowest BCUT2D eigenvalue weighted by atomic mass is 10.2. The summed E-state index contributed by atoms with van der Waals surface area (Å²) in [5, 5.41) is 0. The van der Waals surface area contributed by atoms with Crippen molar-refractivity contribution in [3.8, 4) is 0 Å². The van der Waals surface area contributed by atoms with E-state index in [-0.39, 0.29) is 12.1 Å². The Morgan fingerprint density at radius 1 is 1.65 bits per heavy atom. The molecule has 0 N–H and O–H groups in total. The van der Waals surface area contributed by atoms with E-state index in [1.54, 1.807) is 6.20 Å². The minimum Gasteiger partial charge on any atom is -0.469 e. The maximum atomic E-state index is 11.2. The average molecular weight is 236 g/mol. The molecule has 1 saturated heterocycles. The second kappa shape index (κ2) is 5.63. The maximum Gasteiger partial charge on any atom is 0.308 e. The molecule has 1 aromatic rings. The van der Waals surface area contributed by atoms with E-state index >= 15 is 0 Å². The summed E-state index contributed by atoms with van der Waals surface area (Å²) in [6.07, 6.45) is 1.94. The van der Waals surface area contributed by atoms with Gasteiger partial charge in [0, 0.05) is 19.3 Å². The van der Waals surface area contributed by atoms with Crippen molar-refractivity contribution in [3.63, 3.8) is 0 Å². The summed E-state index contributed by atoms with van der Waals surface area (Å²) < 4.78 is 10.2. The SMILES string of the molecule is COC(=O)CC1CN(c2ccccn2)CCO1. The fourth-order valence-electron chi connectivity index (χ4n) is 1.86. The largest absolute Gasteiger partial charge is 0.469 e. The molecule has 5 heteroatoms. The summed E-state index contributed by atoms with van der Waals surface area (Å²) in [5.41, 5.74) is 0. The Morgan fingerprint density at radius 2 is 2.53 bits per heavy atom. The van der Waals surface area contributed by atoms with Gasteiger partial charge in [0.25, 0.3) is 0 Å². The Hall–Kier alpha value is -1.62. The van der Waals surface area contributed by atoms with Crippen molar-refractivity contribution >= 4 is 11.8 Å². The molecule has 0 spiro atoms. The number of hydrogen-bond donors (Lipinski definition) is 0. The molecule has 0 bridgehead atoms. The molecule has 0 saturated carbocycles. The molecule has 0 aromatic carbocycles. The van der Waals surface area contributed by atoms with Crippen molar-refractivity contribution in [1.82, 2.24) is 4.98 Å². The van der Waals surface area contributed by atoms with Gasteiger partial charge in [-0.3, -0.25) is 4.79 Å². The number of nitrogens with zero attached hydrogens (tertiary/aromatic N) is 2. The van der Waals surface area contributed by atoms with Crippen LogP contribution in [0.3, 0.4) is 0 Å². The Morgan fingerprint density at radius 3 is 3.24 bits per heavy atom. The summed E-state index contributed by atoms with van der Waals surface area (Å²) >= 11 is 0. The molecule has 2 heterocycles. The van der Waals surface area contributed by atoms with Crippen molar-refractivity contribution < 1.29 is 14.3 Å². The van der Waals surface area contributed by atoms with E-state index in [2.05, 4.69) is 14.6 Å². The number of carbonyl (C=O) groups is 1. The Labute approximate surface area is 100 Å². The van der Waals surface area contributed by atoms with Crippen molar-refractivity contribution in [2.45, 2.75) is 12.5 Å². The number of anilines is 1. The van der Waals surface area contributed by atoms with Crippen molar-refractivity contribution in [1.29, 1.82) is 0 Å². The van der Waals surface area contributed by atoms with E-state index in [0.29, 0.717) is 19.6 Å². The highest BCUT2D eigenvalue weighted by Gasteiger charge is 2.23. The van der Waals surface area contributed by atoms with Gasteiger partial charge in [-0.25, -0.2) is 4.98 Å². The zero-order valence-electron chi connectivity index (χ0n) is 9.83. The van der Waals surface area contributed by atoms with Gasteiger partial charge in [-0.15, -0.1) is 0 Å². The zero-order valence-corrected chi connectivity index (χ0v) is 9.83. The lowest BCUT2D eigenvalue weighted by Gasteiger charge is -2.33. The molecule has 5 nitrogen and oxygen atoms in total. The first-order chi connectivity index (χ1) is 8.29. The van der Waals surface area contributed by atoms with Crippen LogP contribution in [0.5, 0.6) is 0 Å². The first kappa shape index (κ1) is 11.9. The Bertz CT molecular complexity index is 369. The van der Waals surface area contributed by atoms with Crippen molar-refractivity contribution in [2.24, 2.45) is 0 Å². The number of rotatable bonds is 3. The van der Waals surface area contributed by atoms with Gasteiger partial charge in [0.2, 0.25) is 0 Å². The zero-order chi connectivity index (χ0) is 12.1. The summed E-state index contributed by atoms with van der Waals surface area (Å²) in [6.45, 7) is 2.08. The van der Waals surface area contributed by atoms with Crippen LogP contribution in [0.25, 0.3) is 0 Å². The van der Waals surface area contributed by atoms with Crippen LogP contribution in [0.15, 0.2) is 24.4 Å². The van der Waals surface area contributed by atoms with Crippen LogP contribution in [0.2, 0.25) is 0 Å². The lowest BCUT2D eigenvalue weighted by Crippen LogP contribution is -2.43. The van der Waals surface area contributed by atoms with Gasteiger partial charge < -0.3 is 14.4 Å². The Balaban J connectivity index is 1.95. The number of ether oxygens (including phenoxy) is 2. The molecule has 1 aromatic heterocycles. The van der Waals surface area contributed by atoms with Crippen LogP contribution in [-0.4, -0.2) is 43.9 Å². The van der Waals surface area contributed by atoms with Crippen LogP contribution < -0.4 is 4.90 Å². The predicted octanol–water partition coefficient (Wildman–Crippen LogP) is 0.850. The summed E-state index contributed by atoms with van der Waals surface area (Å²) in [7, 11) is 1.39. The molecule has 0 radical (unpaired) electrons. The minimum absolute atomic E-state index is 0.113. The molecule has 1 fully saturated rings. The highest BCUT2D eigenvalue weighted by molar-refractivity contribution is 5.69. The maximum absolute atomic E-state index is 11.2. The van der Waals surface area contributed by atoms with Crippen molar-refractivity contribution in [3.05, 3.63) is 24.4 Å². The van der Waals surface area contributed by atoms with Crippen LogP contribution in [-0.2, 0) is 14.3 Å². The summed E-state index contributed by atoms with van der Waals surface area (Å²) in [4.78, 5) is 17.6. The molecule has 0 aliphatic carbocycles. The number of esters is 1. The van der Waals surface area contributed by atoms with Crippen LogP contribution in [0.1, 0.15) is 6.42 Å². The van der Waals surface area contributed by atoms with Gasteiger partial charge in [0.05, 0.1) is 26.2 Å². The Kier molecular flexibility index (Phi) is 3.93. The third-order valence-corrected chi connectivity index (χ3v) is 2.73. The molecule has 92 valence electrons. The molecule has 0 amide bonds. The number of aromatic nitrogens is 1. The molecule has 17 heavy (non-hydrogen) atoms. The van der Waals surface area contributed by atoms with Gasteiger partial charge in [0.15, 0.2) is 0 Å². The quantitative estimate of drug-likeness (QED) is 0.728.